The van der Waals surface area contributed by atoms with Gasteiger partial charge in [0.1, 0.15) is 0 Å². The third-order valence-electron chi connectivity index (χ3n) is 3.27. The molecule has 0 aliphatic rings. The van der Waals surface area contributed by atoms with Gasteiger partial charge in [0.15, 0.2) is 0 Å². The molecule has 0 amide bonds. The third kappa shape index (κ3) is 3.49. The molecule has 2 atom stereocenters. The van der Waals surface area contributed by atoms with Gasteiger partial charge in [0.25, 0.3) is 0 Å². The van der Waals surface area contributed by atoms with Crippen LogP contribution >= 0.6 is 54.5 Å². The van der Waals surface area contributed by atoms with E-state index >= 15 is 0 Å². The molecule has 2 aromatic rings. The van der Waals surface area contributed by atoms with Crippen molar-refractivity contribution in [2.75, 3.05) is 13.6 Å². The van der Waals surface area contributed by atoms with Crippen molar-refractivity contribution in [1.82, 2.24) is 4.90 Å². The molecule has 2 unspecified atom stereocenters. The summed E-state index contributed by atoms with van der Waals surface area (Å²) < 4.78 is 2.22. The summed E-state index contributed by atoms with van der Waals surface area (Å²) >= 11 is 10.6. The zero-order valence-electron chi connectivity index (χ0n) is 10.8. The van der Waals surface area contributed by atoms with Crippen molar-refractivity contribution in [1.29, 1.82) is 0 Å². The van der Waals surface area contributed by atoms with Crippen LogP contribution in [0.4, 0.5) is 0 Å². The van der Waals surface area contributed by atoms with Gasteiger partial charge in [-0.15, -0.1) is 22.7 Å². The highest BCUT2D eigenvalue weighted by Crippen LogP contribution is 2.39. The van der Waals surface area contributed by atoms with Crippen LogP contribution in [0.3, 0.4) is 0 Å². The van der Waals surface area contributed by atoms with Gasteiger partial charge in [0.2, 0.25) is 0 Å². The molecule has 0 saturated carbocycles. The van der Waals surface area contributed by atoms with E-state index in [0.29, 0.717) is 12.6 Å². The highest BCUT2D eigenvalue weighted by Gasteiger charge is 2.24. The van der Waals surface area contributed by atoms with Crippen LogP contribution in [0.15, 0.2) is 31.8 Å². The first-order valence-electron chi connectivity index (χ1n) is 5.94. The van der Waals surface area contributed by atoms with Crippen molar-refractivity contribution in [2.24, 2.45) is 5.73 Å². The zero-order chi connectivity index (χ0) is 14.0. The highest BCUT2D eigenvalue weighted by molar-refractivity contribution is 9.13. The molecule has 0 radical (unpaired) electrons. The summed E-state index contributed by atoms with van der Waals surface area (Å²) in [5.41, 5.74) is 5.99. The van der Waals surface area contributed by atoms with E-state index in [2.05, 4.69) is 74.3 Å². The summed E-state index contributed by atoms with van der Waals surface area (Å²) in [5.74, 6) is 0. The van der Waals surface area contributed by atoms with Gasteiger partial charge >= 0.3 is 0 Å². The van der Waals surface area contributed by atoms with Crippen molar-refractivity contribution in [3.8, 4) is 0 Å². The van der Waals surface area contributed by atoms with Gasteiger partial charge in [-0.25, -0.2) is 0 Å². The Hall–Kier alpha value is 0.280. The maximum absolute atomic E-state index is 5.99. The van der Waals surface area contributed by atoms with E-state index in [1.54, 1.807) is 22.7 Å². The second kappa shape index (κ2) is 6.83. The van der Waals surface area contributed by atoms with Crippen molar-refractivity contribution in [3.05, 3.63) is 41.6 Å². The molecular weight excluding hydrogens is 408 g/mol. The lowest BCUT2D eigenvalue weighted by Gasteiger charge is -2.31. The van der Waals surface area contributed by atoms with E-state index in [1.165, 1.54) is 9.75 Å². The molecule has 2 heterocycles. The molecule has 2 nitrogen and oxygen atoms in total. The van der Waals surface area contributed by atoms with Crippen LogP contribution in [0.5, 0.6) is 0 Å². The number of likely N-dealkylation sites (N-methyl/N-ethyl adjacent to an activating group) is 1. The Morgan fingerprint density at radius 1 is 1.37 bits per heavy atom. The number of halogens is 2. The fourth-order valence-corrected chi connectivity index (χ4v) is 5.10. The van der Waals surface area contributed by atoms with Gasteiger partial charge < -0.3 is 5.73 Å². The maximum Gasteiger partial charge on any atom is 0.0843 e. The predicted molar refractivity (Wildman–Crippen MR) is 92.0 cm³/mol. The van der Waals surface area contributed by atoms with E-state index in [9.17, 15) is 0 Å². The molecule has 6 heteroatoms. The second-order valence-corrected chi connectivity index (χ2v) is 8.61. The molecule has 104 valence electrons. The van der Waals surface area contributed by atoms with Crippen molar-refractivity contribution in [3.63, 3.8) is 0 Å². The van der Waals surface area contributed by atoms with E-state index in [4.69, 9.17) is 5.73 Å². The van der Waals surface area contributed by atoms with Crippen LogP contribution in [-0.4, -0.2) is 18.5 Å². The normalized spacial score (nSPS) is 14.8. The largest absolute Gasteiger partial charge is 0.329 e. The van der Waals surface area contributed by atoms with Crippen LogP contribution in [0.1, 0.15) is 28.8 Å². The summed E-state index contributed by atoms with van der Waals surface area (Å²) in [4.78, 5) is 5.00. The Balaban J connectivity index is 2.21. The average Bonchev–Trinajstić information content (AvgIpc) is 3.01. The minimum atomic E-state index is 0.240. The molecule has 0 saturated heterocycles. The first-order chi connectivity index (χ1) is 9.04. The summed E-state index contributed by atoms with van der Waals surface area (Å²) in [6, 6.07) is 7.04. The molecule has 2 N–H and O–H groups in total. The molecule has 0 aliphatic heterocycles. The molecule has 0 aliphatic carbocycles. The topological polar surface area (TPSA) is 29.3 Å². The number of thiophene rings is 2. The minimum Gasteiger partial charge on any atom is -0.329 e. The van der Waals surface area contributed by atoms with Crippen molar-refractivity contribution in [2.45, 2.75) is 19.0 Å². The Morgan fingerprint density at radius 2 is 2.11 bits per heavy atom. The summed E-state index contributed by atoms with van der Waals surface area (Å²) in [6.07, 6.45) is 0. The van der Waals surface area contributed by atoms with E-state index in [1.807, 2.05) is 0 Å². The molecule has 0 fully saturated rings. The van der Waals surface area contributed by atoms with Gasteiger partial charge in [-0.1, -0.05) is 6.07 Å². The Labute approximate surface area is 138 Å². The molecule has 2 aromatic heterocycles. The maximum atomic E-state index is 5.99. The van der Waals surface area contributed by atoms with Gasteiger partial charge in [-0.05, 0) is 63.3 Å². The average molecular weight is 424 g/mol. The summed E-state index contributed by atoms with van der Waals surface area (Å²) in [5, 5.41) is 2.12. The standard InChI is InChI=1S/C13H16Br2N2S2/c1-8(11-4-3-5-18-11)17(2)10(7-16)12-6-9(14)13(15)19-12/h3-6,8,10H,7,16H2,1-2H3. The van der Waals surface area contributed by atoms with Crippen molar-refractivity contribution >= 4 is 54.5 Å². The van der Waals surface area contributed by atoms with Crippen LogP contribution in [0.25, 0.3) is 0 Å². The number of nitrogens with zero attached hydrogens (tertiary/aromatic N) is 1. The number of hydrogen-bond acceptors (Lipinski definition) is 4. The molecule has 0 bridgehead atoms. The van der Waals surface area contributed by atoms with E-state index in [-0.39, 0.29) is 6.04 Å². The van der Waals surface area contributed by atoms with Crippen LogP contribution in [0, 0.1) is 0 Å². The van der Waals surface area contributed by atoms with E-state index < -0.39 is 0 Å². The van der Waals surface area contributed by atoms with Crippen LogP contribution in [0.2, 0.25) is 0 Å². The second-order valence-electron chi connectivity index (χ2n) is 4.38. The number of nitrogens with two attached hydrogens (primary N) is 1. The molecule has 0 aromatic carbocycles. The third-order valence-corrected chi connectivity index (χ3v) is 7.67. The number of hydrogen-bond donors (Lipinski definition) is 1. The lowest BCUT2D eigenvalue weighted by atomic mass is 10.1. The number of rotatable bonds is 5. The Kier molecular flexibility index (Phi) is 5.63. The SMILES string of the molecule is CC(c1cccs1)N(C)C(CN)c1cc(Br)c(Br)s1. The molecule has 2 rings (SSSR count). The Morgan fingerprint density at radius 3 is 2.58 bits per heavy atom. The molecule has 0 spiro atoms. The van der Waals surface area contributed by atoms with Gasteiger partial charge in [-0.3, -0.25) is 4.90 Å². The Bertz CT molecular complexity index is 505. The predicted octanol–water partition coefficient (Wildman–Crippen LogP) is 5.03. The zero-order valence-corrected chi connectivity index (χ0v) is 15.6. The minimum absolute atomic E-state index is 0.240. The fraction of sp³-hybridized carbons (Fsp3) is 0.385. The molecule has 19 heavy (non-hydrogen) atoms. The highest BCUT2D eigenvalue weighted by atomic mass is 79.9. The van der Waals surface area contributed by atoms with Gasteiger partial charge in [-0.2, -0.15) is 0 Å². The fourth-order valence-electron chi connectivity index (χ4n) is 2.01. The summed E-state index contributed by atoms with van der Waals surface area (Å²) in [6.45, 7) is 2.85. The first-order valence-corrected chi connectivity index (χ1v) is 9.23. The lowest BCUT2D eigenvalue weighted by molar-refractivity contribution is 0.195. The smallest absolute Gasteiger partial charge is 0.0843 e. The molecular formula is C13H16Br2N2S2. The van der Waals surface area contributed by atoms with Gasteiger partial charge in [0.05, 0.1) is 9.83 Å². The van der Waals surface area contributed by atoms with Crippen LogP contribution < -0.4 is 5.73 Å². The van der Waals surface area contributed by atoms with Crippen molar-refractivity contribution < 1.29 is 0 Å². The van der Waals surface area contributed by atoms with Crippen LogP contribution in [-0.2, 0) is 0 Å². The van der Waals surface area contributed by atoms with E-state index in [0.717, 1.165) is 8.26 Å². The quantitative estimate of drug-likeness (QED) is 0.730. The monoisotopic (exact) mass is 422 g/mol. The van der Waals surface area contributed by atoms with Gasteiger partial charge in [0, 0.05) is 26.8 Å². The first kappa shape index (κ1) is 15.7. The lowest BCUT2D eigenvalue weighted by Crippen LogP contribution is -2.31. The summed E-state index contributed by atoms with van der Waals surface area (Å²) in [7, 11) is 2.14.